The third kappa shape index (κ3) is 4.83. The zero-order valence-corrected chi connectivity index (χ0v) is 25.6. The van der Waals surface area contributed by atoms with Crippen molar-refractivity contribution in [2.75, 3.05) is 0 Å². The molecule has 2 N–H and O–H groups in total. The summed E-state index contributed by atoms with van der Waals surface area (Å²) >= 11 is 1.87. The molecule has 0 bridgehead atoms. The third-order valence-corrected chi connectivity index (χ3v) is 9.60. The van der Waals surface area contributed by atoms with Crippen LogP contribution >= 0.6 is 11.3 Å². The second-order valence-corrected chi connectivity index (χ2v) is 12.5. The van der Waals surface area contributed by atoms with Gasteiger partial charge in [-0.3, -0.25) is 0 Å². The standard InChI is InChI=1S/C40H30N4S/c1-40(41,29-14-6-3-7-15-29)43-39(42-26-27-12-4-2-5-13-27)28-20-22-30(23-21-28)44-34-18-10-8-17-33(34)37-35(44)25-24-32-31-16-9-11-19-36(31)45-38(32)37/h2-26H,41H2,1H3/b42-26+,43-39-. The van der Waals surface area contributed by atoms with Gasteiger partial charge in [0.15, 0.2) is 5.84 Å². The van der Waals surface area contributed by atoms with Crippen LogP contribution in [0, 0.1) is 0 Å². The molecule has 2 heterocycles. The van der Waals surface area contributed by atoms with E-state index in [1.807, 2.05) is 85.1 Å². The molecule has 0 amide bonds. The first kappa shape index (κ1) is 27.2. The Morgan fingerprint density at radius 3 is 2.11 bits per heavy atom. The number of nitrogens with zero attached hydrogens (tertiary/aromatic N) is 3. The van der Waals surface area contributed by atoms with Crippen LogP contribution in [0.5, 0.6) is 0 Å². The van der Waals surface area contributed by atoms with Crippen molar-refractivity contribution in [3.8, 4) is 5.69 Å². The van der Waals surface area contributed by atoms with E-state index in [0.29, 0.717) is 5.84 Å². The molecule has 5 heteroatoms. The van der Waals surface area contributed by atoms with E-state index in [9.17, 15) is 0 Å². The van der Waals surface area contributed by atoms with Crippen molar-refractivity contribution in [2.45, 2.75) is 12.6 Å². The van der Waals surface area contributed by atoms with E-state index >= 15 is 0 Å². The molecule has 0 aliphatic carbocycles. The fourth-order valence-corrected chi connectivity index (χ4v) is 7.43. The summed E-state index contributed by atoms with van der Waals surface area (Å²) in [4.78, 5) is 9.86. The molecule has 1 unspecified atom stereocenters. The van der Waals surface area contributed by atoms with E-state index < -0.39 is 5.66 Å². The Hall–Kier alpha value is -5.36. The van der Waals surface area contributed by atoms with E-state index in [1.54, 1.807) is 0 Å². The summed E-state index contributed by atoms with van der Waals surface area (Å²) in [5, 5.41) is 5.17. The van der Waals surface area contributed by atoms with Gasteiger partial charge in [-0.25, -0.2) is 9.98 Å². The first-order chi connectivity index (χ1) is 22.1. The SMILES string of the molecule is CC(N)(/N=C(\N=C\c1ccccc1)c1ccc(-n2c3ccccc3c3c4sc5ccccc5c4ccc32)cc1)c1ccccc1. The van der Waals surface area contributed by atoms with Crippen molar-refractivity contribution in [1.82, 2.24) is 4.57 Å². The summed E-state index contributed by atoms with van der Waals surface area (Å²) in [6, 6.07) is 50.4. The van der Waals surface area contributed by atoms with E-state index in [-0.39, 0.29) is 0 Å². The van der Waals surface area contributed by atoms with Gasteiger partial charge in [0.05, 0.1) is 11.0 Å². The number of amidine groups is 1. The second kappa shape index (κ2) is 11.0. The van der Waals surface area contributed by atoms with E-state index in [4.69, 9.17) is 15.7 Å². The van der Waals surface area contributed by atoms with Crippen LogP contribution in [0.25, 0.3) is 47.7 Å². The molecule has 0 fully saturated rings. The fraction of sp³-hybridized carbons (Fsp3) is 0.0500. The highest BCUT2D eigenvalue weighted by Crippen LogP contribution is 2.43. The van der Waals surface area contributed by atoms with Crippen LogP contribution in [0.4, 0.5) is 0 Å². The minimum atomic E-state index is -0.953. The number of benzene rings is 6. The van der Waals surface area contributed by atoms with Gasteiger partial charge in [-0.1, -0.05) is 103 Å². The minimum absolute atomic E-state index is 0.577. The Morgan fingerprint density at radius 1 is 0.667 bits per heavy atom. The maximum Gasteiger partial charge on any atom is 0.156 e. The summed E-state index contributed by atoms with van der Waals surface area (Å²) in [6.07, 6.45) is 1.84. The van der Waals surface area contributed by atoms with Crippen LogP contribution in [0.15, 0.2) is 156 Å². The first-order valence-corrected chi connectivity index (χ1v) is 15.9. The molecular formula is C40H30N4S. The van der Waals surface area contributed by atoms with Crippen molar-refractivity contribution in [3.63, 3.8) is 0 Å². The molecule has 1 atom stereocenters. The number of aromatic nitrogens is 1. The quantitative estimate of drug-likeness (QED) is 0.156. The Morgan fingerprint density at radius 2 is 1.33 bits per heavy atom. The van der Waals surface area contributed by atoms with Crippen LogP contribution in [0.2, 0.25) is 0 Å². The molecule has 4 nitrogen and oxygen atoms in total. The lowest BCUT2D eigenvalue weighted by atomic mass is 10.0. The van der Waals surface area contributed by atoms with Crippen LogP contribution < -0.4 is 5.73 Å². The van der Waals surface area contributed by atoms with Crippen LogP contribution in [-0.2, 0) is 5.66 Å². The Kier molecular flexibility index (Phi) is 6.63. The zero-order valence-electron chi connectivity index (χ0n) is 24.8. The molecule has 8 rings (SSSR count). The van der Waals surface area contributed by atoms with Crippen LogP contribution in [0.1, 0.15) is 23.6 Å². The highest BCUT2D eigenvalue weighted by Gasteiger charge is 2.22. The number of rotatable bonds is 5. The first-order valence-electron chi connectivity index (χ1n) is 15.0. The molecule has 0 saturated carbocycles. The Balaban J connectivity index is 1.27. The van der Waals surface area contributed by atoms with Gasteiger partial charge in [-0.05, 0) is 60.5 Å². The highest BCUT2D eigenvalue weighted by molar-refractivity contribution is 7.26. The maximum atomic E-state index is 6.79. The molecular weight excluding hydrogens is 569 g/mol. The topological polar surface area (TPSA) is 55.7 Å². The molecule has 2 aromatic heterocycles. The average molecular weight is 599 g/mol. The van der Waals surface area contributed by atoms with Gasteiger partial charge < -0.3 is 10.3 Å². The molecule has 0 saturated heterocycles. The molecule has 8 aromatic rings. The monoisotopic (exact) mass is 598 g/mol. The molecule has 6 aromatic carbocycles. The Bertz CT molecular complexity index is 2380. The molecule has 0 aliphatic rings. The summed E-state index contributed by atoms with van der Waals surface area (Å²) in [6.45, 7) is 1.92. The number of aliphatic imine (C=N–C) groups is 2. The van der Waals surface area contributed by atoms with E-state index in [1.165, 1.54) is 42.0 Å². The van der Waals surface area contributed by atoms with Gasteiger partial charge >= 0.3 is 0 Å². The van der Waals surface area contributed by atoms with Crippen LogP contribution in [-0.4, -0.2) is 16.6 Å². The predicted molar refractivity (Wildman–Crippen MR) is 192 cm³/mol. The third-order valence-electron chi connectivity index (χ3n) is 8.40. The summed E-state index contributed by atoms with van der Waals surface area (Å²) < 4.78 is 5.00. The molecule has 0 radical (unpaired) electrons. The fourth-order valence-electron chi connectivity index (χ4n) is 6.18. The maximum absolute atomic E-state index is 6.79. The summed E-state index contributed by atoms with van der Waals surface area (Å²) in [5.41, 5.74) is 12.1. The van der Waals surface area contributed by atoms with Gasteiger partial charge in [0.1, 0.15) is 5.66 Å². The number of thiophene rings is 1. The minimum Gasteiger partial charge on any atom is -0.309 e. The van der Waals surface area contributed by atoms with Crippen molar-refractivity contribution >= 4 is 65.4 Å². The number of para-hydroxylation sites is 1. The van der Waals surface area contributed by atoms with Crippen LogP contribution in [0.3, 0.4) is 0 Å². The van der Waals surface area contributed by atoms with Gasteiger partial charge in [0, 0.05) is 48.4 Å². The zero-order chi connectivity index (χ0) is 30.4. The van der Waals surface area contributed by atoms with Gasteiger partial charge in [-0.2, -0.15) is 0 Å². The Labute approximate surface area is 265 Å². The van der Waals surface area contributed by atoms with Crippen molar-refractivity contribution in [2.24, 2.45) is 15.7 Å². The lowest BCUT2D eigenvalue weighted by Crippen LogP contribution is -2.32. The van der Waals surface area contributed by atoms with Gasteiger partial charge in [-0.15, -0.1) is 11.3 Å². The highest BCUT2D eigenvalue weighted by atomic mass is 32.1. The van der Waals surface area contributed by atoms with Crippen molar-refractivity contribution in [1.29, 1.82) is 0 Å². The number of hydrogen-bond donors (Lipinski definition) is 1. The van der Waals surface area contributed by atoms with Crippen molar-refractivity contribution in [3.05, 3.63) is 162 Å². The normalized spacial score (nSPS) is 13.8. The number of fused-ring (bicyclic) bond motifs is 7. The molecule has 216 valence electrons. The van der Waals surface area contributed by atoms with Crippen molar-refractivity contribution < 1.29 is 0 Å². The number of nitrogens with two attached hydrogens (primary N) is 1. The predicted octanol–water partition coefficient (Wildman–Crippen LogP) is 9.85. The largest absolute Gasteiger partial charge is 0.309 e. The molecule has 0 aliphatic heterocycles. The smallest absolute Gasteiger partial charge is 0.156 e. The lowest BCUT2D eigenvalue weighted by molar-refractivity contribution is 0.524. The summed E-state index contributed by atoms with van der Waals surface area (Å²) in [5.74, 6) is 0.577. The van der Waals surface area contributed by atoms with E-state index in [2.05, 4.69) is 89.5 Å². The summed E-state index contributed by atoms with van der Waals surface area (Å²) in [7, 11) is 0. The lowest BCUT2D eigenvalue weighted by Gasteiger charge is -2.21. The van der Waals surface area contributed by atoms with E-state index in [0.717, 1.165) is 22.4 Å². The number of hydrogen-bond acceptors (Lipinski definition) is 3. The van der Waals surface area contributed by atoms with Gasteiger partial charge in [0.25, 0.3) is 0 Å². The van der Waals surface area contributed by atoms with Gasteiger partial charge in [0.2, 0.25) is 0 Å². The molecule has 45 heavy (non-hydrogen) atoms. The molecule has 0 spiro atoms. The average Bonchev–Trinajstić information content (AvgIpc) is 3.63. The second-order valence-electron chi connectivity index (χ2n) is 11.5.